The second-order valence-electron chi connectivity index (χ2n) is 5.91. The Balaban J connectivity index is 1.52. The molecule has 138 valence electrons. The number of amides is 2. The smallest absolute Gasteiger partial charge is 0.273 e. The predicted octanol–water partition coefficient (Wildman–Crippen LogP) is 2.34. The van der Waals surface area contributed by atoms with Crippen LogP contribution in [0.3, 0.4) is 0 Å². The molecule has 0 saturated heterocycles. The summed E-state index contributed by atoms with van der Waals surface area (Å²) in [5.74, 6) is -0.802. The Morgan fingerprint density at radius 1 is 1.07 bits per heavy atom. The first-order valence-electron chi connectivity index (χ1n) is 8.34. The second kappa shape index (κ2) is 8.22. The topological polar surface area (TPSA) is 88.9 Å². The molecule has 1 aromatic heterocycles. The number of carbonyl (C=O) groups is 2. The van der Waals surface area contributed by atoms with Crippen LogP contribution in [0.15, 0.2) is 54.7 Å². The number of rotatable bonds is 6. The third-order valence-corrected chi connectivity index (χ3v) is 3.79. The maximum Gasteiger partial charge on any atom is 0.273 e. The van der Waals surface area contributed by atoms with Gasteiger partial charge >= 0.3 is 0 Å². The number of halogens is 1. The van der Waals surface area contributed by atoms with Gasteiger partial charge in [0.05, 0.1) is 11.9 Å². The molecule has 27 heavy (non-hydrogen) atoms. The van der Waals surface area contributed by atoms with E-state index in [4.69, 9.17) is 0 Å². The van der Waals surface area contributed by atoms with Gasteiger partial charge < -0.3 is 10.6 Å². The summed E-state index contributed by atoms with van der Waals surface area (Å²) >= 11 is 0. The molecule has 0 unspecified atom stereocenters. The molecule has 1 heterocycles. The van der Waals surface area contributed by atoms with Crippen molar-refractivity contribution in [3.63, 3.8) is 0 Å². The number of anilines is 1. The summed E-state index contributed by atoms with van der Waals surface area (Å²) in [5.41, 5.74) is 2.55. The molecule has 0 radical (unpaired) electrons. The Kier molecular flexibility index (Phi) is 5.55. The van der Waals surface area contributed by atoms with Crippen LogP contribution in [0.4, 0.5) is 10.1 Å². The lowest BCUT2D eigenvalue weighted by molar-refractivity contribution is -0.114. The fraction of sp³-hybridized carbons (Fsp3) is 0.158. The minimum Gasteiger partial charge on any atom is -0.350 e. The molecule has 3 aromatic rings. The van der Waals surface area contributed by atoms with Crippen molar-refractivity contribution in [2.45, 2.75) is 13.3 Å². The monoisotopic (exact) mass is 367 g/mol. The first-order valence-corrected chi connectivity index (χ1v) is 8.34. The van der Waals surface area contributed by atoms with Crippen molar-refractivity contribution in [3.05, 3.63) is 71.8 Å². The van der Waals surface area contributed by atoms with Gasteiger partial charge in [0.25, 0.3) is 5.91 Å². The normalized spacial score (nSPS) is 10.4. The van der Waals surface area contributed by atoms with E-state index in [-0.39, 0.29) is 23.3 Å². The number of nitrogens with zero attached hydrogens (tertiary/aromatic N) is 3. The average Bonchev–Trinajstić information content (AvgIpc) is 3.13. The summed E-state index contributed by atoms with van der Waals surface area (Å²) in [4.78, 5) is 23.2. The van der Waals surface area contributed by atoms with Crippen LogP contribution in [0.2, 0.25) is 0 Å². The predicted molar refractivity (Wildman–Crippen MR) is 98.1 cm³/mol. The quantitative estimate of drug-likeness (QED) is 0.700. The van der Waals surface area contributed by atoms with Crippen molar-refractivity contribution in [1.82, 2.24) is 20.3 Å². The van der Waals surface area contributed by atoms with Crippen LogP contribution >= 0.6 is 0 Å². The maximum atomic E-state index is 13.0. The fourth-order valence-electron chi connectivity index (χ4n) is 2.46. The van der Waals surface area contributed by atoms with Gasteiger partial charge in [-0.2, -0.15) is 0 Å². The van der Waals surface area contributed by atoms with Crippen molar-refractivity contribution in [2.24, 2.45) is 0 Å². The number of carbonyl (C=O) groups excluding carboxylic acids is 2. The highest BCUT2D eigenvalue weighted by molar-refractivity contribution is 5.92. The molecule has 8 heteroatoms. The zero-order valence-corrected chi connectivity index (χ0v) is 14.6. The molecule has 0 aliphatic carbocycles. The number of nitrogens with one attached hydrogen (secondary N) is 2. The van der Waals surface area contributed by atoms with E-state index in [9.17, 15) is 14.0 Å². The SMILES string of the molecule is CC(=O)Nc1ccc(CCNC(=O)c2cn(-c3ccc(F)cc3)nn2)cc1. The molecule has 0 spiro atoms. The molecule has 0 aliphatic rings. The lowest BCUT2D eigenvalue weighted by atomic mass is 10.1. The van der Waals surface area contributed by atoms with Crippen molar-refractivity contribution < 1.29 is 14.0 Å². The van der Waals surface area contributed by atoms with Gasteiger partial charge in [-0.25, -0.2) is 9.07 Å². The van der Waals surface area contributed by atoms with E-state index < -0.39 is 0 Å². The molecule has 7 nitrogen and oxygen atoms in total. The minimum atomic E-state index is -0.345. The van der Waals surface area contributed by atoms with Crippen LogP contribution in [-0.4, -0.2) is 33.4 Å². The molecule has 0 aliphatic heterocycles. The summed E-state index contributed by atoms with van der Waals surface area (Å²) in [6.45, 7) is 1.89. The Morgan fingerprint density at radius 3 is 2.44 bits per heavy atom. The number of aromatic nitrogens is 3. The van der Waals surface area contributed by atoms with Gasteiger partial charge in [-0.3, -0.25) is 9.59 Å². The molecule has 2 aromatic carbocycles. The molecule has 2 amide bonds. The maximum absolute atomic E-state index is 13.0. The first-order chi connectivity index (χ1) is 13.0. The van der Waals surface area contributed by atoms with E-state index in [0.29, 0.717) is 18.7 Å². The summed E-state index contributed by atoms with van der Waals surface area (Å²) < 4.78 is 14.4. The summed E-state index contributed by atoms with van der Waals surface area (Å²) in [7, 11) is 0. The molecular weight excluding hydrogens is 349 g/mol. The Morgan fingerprint density at radius 2 is 1.78 bits per heavy atom. The van der Waals surface area contributed by atoms with E-state index in [1.54, 1.807) is 12.1 Å². The van der Waals surface area contributed by atoms with E-state index in [1.165, 1.54) is 29.9 Å². The highest BCUT2D eigenvalue weighted by Crippen LogP contribution is 2.10. The second-order valence-corrected chi connectivity index (χ2v) is 5.91. The summed E-state index contributed by atoms with van der Waals surface area (Å²) in [6.07, 6.45) is 2.13. The number of hydrogen-bond acceptors (Lipinski definition) is 4. The summed E-state index contributed by atoms with van der Waals surface area (Å²) in [5, 5.41) is 13.2. The van der Waals surface area contributed by atoms with Crippen molar-refractivity contribution >= 4 is 17.5 Å². The van der Waals surface area contributed by atoms with E-state index in [0.717, 1.165) is 11.3 Å². The Bertz CT molecular complexity index is 935. The number of hydrogen-bond donors (Lipinski definition) is 2. The third kappa shape index (κ3) is 4.97. The first kappa shape index (κ1) is 18.2. The minimum absolute atomic E-state index is 0.122. The lowest BCUT2D eigenvalue weighted by Crippen LogP contribution is -2.26. The molecular formula is C19H18FN5O2. The molecule has 0 saturated carbocycles. The Hall–Kier alpha value is -3.55. The van der Waals surface area contributed by atoms with Crippen molar-refractivity contribution in [3.8, 4) is 5.69 Å². The Labute approximate surface area is 155 Å². The van der Waals surface area contributed by atoms with Gasteiger partial charge in [-0.05, 0) is 48.4 Å². The van der Waals surface area contributed by atoms with Crippen LogP contribution in [0.1, 0.15) is 23.0 Å². The van der Waals surface area contributed by atoms with E-state index in [1.807, 2.05) is 24.3 Å². The van der Waals surface area contributed by atoms with Gasteiger partial charge in [0.15, 0.2) is 5.69 Å². The largest absolute Gasteiger partial charge is 0.350 e. The highest BCUT2D eigenvalue weighted by Gasteiger charge is 2.11. The van der Waals surface area contributed by atoms with Crippen LogP contribution in [-0.2, 0) is 11.2 Å². The zero-order valence-electron chi connectivity index (χ0n) is 14.6. The van der Waals surface area contributed by atoms with E-state index in [2.05, 4.69) is 20.9 Å². The van der Waals surface area contributed by atoms with Crippen LogP contribution in [0, 0.1) is 5.82 Å². The van der Waals surface area contributed by atoms with Crippen molar-refractivity contribution in [1.29, 1.82) is 0 Å². The zero-order chi connectivity index (χ0) is 19.2. The van der Waals surface area contributed by atoms with Gasteiger partial charge in [0.2, 0.25) is 5.91 Å². The van der Waals surface area contributed by atoms with Crippen LogP contribution in [0.5, 0.6) is 0 Å². The summed E-state index contributed by atoms with van der Waals surface area (Å²) in [6, 6.07) is 13.1. The van der Waals surface area contributed by atoms with Gasteiger partial charge in [0.1, 0.15) is 5.82 Å². The standard InChI is InChI=1S/C19H18FN5O2/c1-13(26)22-16-6-2-14(3-7-16)10-11-21-19(27)18-12-25(24-23-18)17-8-4-15(20)5-9-17/h2-9,12H,10-11H2,1H3,(H,21,27)(H,22,26). The number of benzene rings is 2. The molecule has 0 bridgehead atoms. The molecule has 0 atom stereocenters. The average molecular weight is 367 g/mol. The molecule has 2 N–H and O–H groups in total. The van der Waals surface area contributed by atoms with Gasteiger partial charge in [0, 0.05) is 19.2 Å². The fourth-order valence-corrected chi connectivity index (χ4v) is 2.46. The third-order valence-electron chi connectivity index (χ3n) is 3.79. The van der Waals surface area contributed by atoms with Crippen molar-refractivity contribution in [2.75, 3.05) is 11.9 Å². The van der Waals surface area contributed by atoms with Gasteiger partial charge in [-0.1, -0.05) is 17.3 Å². The lowest BCUT2D eigenvalue weighted by Gasteiger charge is -2.05. The van der Waals surface area contributed by atoms with Gasteiger partial charge in [-0.15, -0.1) is 5.10 Å². The van der Waals surface area contributed by atoms with Crippen LogP contribution < -0.4 is 10.6 Å². The molecule has 0 fully saturated rings. The van der Waals surface area contributed by atoms with Crippen LogP contribution in [0.25, 0.3) is 5.69 Å². The highest BCUT2D eigenvalue weighted by atomic mass is 19.1. The van der Waals surface area contributed by atoms with E-state index >= 15 is 0 Å². The molecule has 3 rings (SSSR count).